The molecule has 0 saturated carbocycles. The van der Waals surface area contributed by atoms with Gasteiger partial charge < -0.3 is 4.74 Å². The first kappa shape index (κ1) is 19.7. The molecular formula is C24H18ClN3O2S. The lowest BCUT2D eigenvalue weighted by molar-refractivity contribution is 0.427. The van der Waals surface area contributed by atoms with E-state index in [1.807, 2.05) is 44.2 Å². The molecule has 3 heterocycles. The van der Waals surface area contributed by atoms with Gasteiger partial charge in [0.15, 0.2) is 0 Å². The molecule has 0 spiro atoms. The maximum absolute atomic E-state index is 13.8. The number of hydrogen-bond acceptors (Lipinski definition) is 5. The number of thiophene rings is 1. The molecule has 2 aromatic carbocycles. The van der Waals surface area contributed by atoms with Crippen LogP contribution in [0, 0.1) is 20.8 Å². The Kier molecular flexibility index (Phi) is 4.76. The lowest BCUT2D eigenvalue weighted by atomic mass is 10.1. The molecule has 3 aromatic heterocycles. The second-order valence-corrected chi connectivity index (χ2v) is 8.95. The molecule has 0 unspecified atom stereocenters. The van der Waals surface area contributed by atoms with Crippen molar-refractivity contribution >= 4 is 44.1 Å². The fourth-order valence-corrected chi connectivity index (χ4v) is 4.87. The molecule has 154 valence electrons. The van der Waals surface area contributed by atoms with Crippen LogP contribution in [0.15, 0.2) is 59.4 Å². The number of rotatable bonds is 3. The largest absolute Gasteiger partial charge is 0.425 e. The van der Waals surface area contributed by atoms with Crippen molar-refractivity contribution in [3.63, 3.8) is 0 Å². The molecule has 31 heavy (non-hydrogen) atoms. The van der Waals surface area contributed by atoms with Crippen LogP contribution in [0.4, 0.5) is 0 Å². The molecular weight excluding hydrogens is 430 g/mol. The van der Waals surface area contributed by atoms with E-state index in [-0.39, 0.29) is 11.6 Å². The maximum atomic E-state index is 13.8. The van der Waals surface area contributed by atoms with Crippen LogP contribution in [0.1, 0.15) is 16.1 Å². The number of hydrogen-bond donors (Lipinski definition) is 0. The third kappa shape index (κ3) is 3.28. The predicted molar refractivity (Wildman–Crippen MR) is 126 cm³/mol. The third-order valence-electron chi connectivity index (χ3n) is 5.32. The Hall–Kier alpha value is -3.22. The Morgan fingerprint density at radius 3 is 2.35 bits per heavy atom. The lowest BCUT2D eigenvalue weighted by Crippen LogP contribution is -2.22. The van der Waals surface area contributed by atoms with Crippen molar-refractivity contribution in [2.75, 3.05) is 0 Å². The molecule has 0 aliphatic rings. The van der Waals surface area contributed by atoms with Gasteiger partial charge in [0, 0.05) is 15.3 Å². The van der Waals surface area contributed by atoms with Crippen molar-refractivity contribution < 1.29 is 4.74 Å². The topological polar surface area (TPSA) is 57.0 Å². The highest BCUT2D eigenvalue weighted by Gasteiger charge is 2.21. The monoisotopic (exact) mass is 447 g/mol. The van der Waals surface area contributed by atoms with Crippen LogP contribution in [-0.4, -0.2) is 14.5 Å². The Morgan fingerprint density at radius 2 is 1.65 bits per heavy atom. The van der Waals surface area contributed by atoms with Crippen LogP contribution in [0.2, 0.25) is 5.02 Å². The standard InChI is InChI=1S/C24H18ClN3O2S/c1-13-15(3)31-22-19(13)21-20(14(2)26-22)23(29)28(17-7-5-4-6-8-17)24(27-21)30-18-11-9-16(25)10-12-18/h4-12H,1-3H3. The van der Waals surface area contributed by atoms with Gasteiger partial charge in [0.05, 0.1) is 22.3 Å². The highest BCUT2D eigenvalue weighted by Crippen LogP contribution is 2.35. The van der Waals surface area contributed by atoms with E-state index < -0.39 is 0 Å². The van der Waals surface area contributed by atoms with Gasteiger partial charge in [0.2, 0.25) is 0 Å². The minimum absolute atomic E-state index is 0.196. The summed E-state index contributed by atoms with van der Waals surface area (Å²) in [5, 5.41) is 2.01. The average molecular weight is 448 g/mol. The Balaban J connectivity index is 1.89. The van der Waals surface area contributed by atoms with E-state index in [1.165, 1.54) is 4.57 Å². The van der Waals surface area contributed by atoms with E-state index in [4.69, 9.17) is 26.3 Å². The molecule has 0 aliphatic heterocycles. The number of fused-ring (bicyclic) bond motifs is 3. The van der Waals surface area contributed by atoms with E-state index in [9.17, 15) is 4.79 Å². The van der Waals surface area contributed by atoms with Crippen molar-refractivity contribution in [2.45, 2.75) is 20.8 Å². The van der Waals surface area contributed by atoms with E-state index in [1.54, 1.807) is 35.6 Å². The van der Waals surface area contributed by atoms with Gasteiger partial charge >= 0.3 is 6.01 Å². The second kappa shape index (κ2) is 7.48. The van der Waals surface area contributed by atoms with Gasteiger partial charge in [0.1, 0.15) is 10.6 Å². The van der Waals surface area contributed by atoms with Gasteiger partial charge in [-0.1, -0.05) is 29.8 Å². The van der Waals surface area contributed by atoms with Crippen molar-refractivity contribution in [2.24, 2.45) is 0 Å². The number of benzene rings is 2. The molecule has 5 nitrogen and oxygen atoms in total. The molecule has 5 rings (SSSR count). The number of halogens is 1. The Morgan fingerprint density at radius 1 is 0.935 bits per heavy atom. The SMILES string of the molecule is Cc1sc2nc(C)c3c(=O)n(-c4ccccc4)c(Oc4ccc(Cl)cc4)nc3c2c1C. The third-order valence-corrected chi connectivity index (χ3v) is 6.68. The minimum Gasteiger partial charge on any atom is -0.425 e. The van der Waals surface area contributed by atoms with Crippen LogP contribution in [-0.2, 0) is 0 Å². The molecule has 0 amide bonds. The number of aromatic nitrogens is 3. The molecule has 0 fully saturated rings. The number of pyridine rings is 1. The fraction of sp³-hybridized carbons (Fsp3) is 0.125. The van der Waals surface area contributed by atoms with Gasteiger partial charge in [-0.15, -0.1) is 11.3 Å². The smallest absolute Gasteiger partial charge is 0.310 e. The fourth-order valence-electron chi connectivity index (χ4n) is 3.66. The summed E-state index contributed by atoms with van der Waals surface area (Å²) < 4.78 is 7.61. The average Bonchev–Trinajstić information content (AvgIpc) is 3.03. The maximum Gasteiger partial charge on any atom is 0.310 e. The van der Waals surface area contributed by atoms with Gasteiger partial charge in [-0.3, -0.25) is 4.79 Å². The first-order chi connectivity index (χ1) is 14.9. The summed E-state index contributed by atoms with van der Waals surface area (Å²) in [6.07, 6.45) is 0. The number of nitrogens with zero attached hydrogens (tertiary/aromatic N) is 3. The zero-order valence-corrected chi connectivity index (χ0v) is 18.7. The first-order valence-corrected chi connectivity index (χ1v) is 11.0. The zero-order chi connectivity index (χ0) is 21.7. The Bertz CT molecular complexity index is 1510. The van der Waals surface area contributed by atoms with Gasteiger partial charge in [0.25, 0.3) is 5.56 Å². The molecule has 0 N–H and O–H groups in total. The van der Waals surface area contributed by atoms with E-state index in [0.717, 1.165) is 20.7 Å². The van der Waals surface area contributed by atoms with E-state index in [0.29, 0.717) is 33.1 Å². The number of ether oxygens (including phenoxy) is 1. The molecule has 0 atom stereocenters. The second-order valence-electron chi connectivity index (χ2n) is 7.31. The summed E-state index contributed by atoms with van der Waals surface area (Å²) in [5.41, 5.74) is 2.81. The summed E-state index contributed by atoms with van der Waals surface area (Å²) in [6, 6.07) is 16.5. The highest BCUT2D eigenvalue weighted by atomic mass is 35.5. The van der Waals surface area contributed by atoms with Gasteiger partial charge in [-0.2, -0.15) is 4.98 Å². The van der Waals surface area contributed by atoms with Crippen molar-refractivity contribution in [1.82, 2.24) is 14.5 Å². The van der Waals surface area contributed by atoms with Gasteiger partial charge in [-0.05, 0) is 62.7 Å². The highest BCUT2D eigenvalue weighted by molar-refractivity contribution is 7.18. The van der Waals surface area contributed by atoms with Crippen LogP contribution in [0.3, 0.4) is 0 Å². The van der Waals surface area contributed by atoms with E-state index in [2.05, 4.69) is 6.92 Å². The summed E-state index contributed by atoms with van der Waals surface area (Å²) in [4.78, 5) is 25.4. The summed E-state index contributed by atoms with van der Waals surface area (Å²) in [6.45, 7) is 5.94. The van der Waals surface area contributed by atoms with Crippen LogP contribution >= 0.6 is 22.9 Å². The number of aryl methyl sites for hydroxylation is 3. The van der Waals surface area contributed by atoms with Crippen LogP contribution in [0.5, 0.6) is 11.8 Å². The van der Waals surface area contributed by atoms with Gasteiger partial charge in [-0.25, -0.2) is 9.55 Å². The molecule has 0 saturated heterocycles. The molecule has 7 heteroatoms. The van der Waals surface area contributed by atoms with Crippen LogP contribution < -0.4 is 10.3 Å². The number of para-hydroxylation sites is 1. The van der Waals surface area contributed by atoms with E-state index >= 15 is 0 Å². The summed E-state index contributed by atoms with van der Waals surface area (Å²) >= 11 is 7.63. The molecule has 0 aliphatic carbocycles. The minimum atomic E-state index is -0.213. The zero-order valence-electron chi connectivity index (χ0n) is 17.1. The van der Waals surface area contributed by atoms with Crippen LogP contribution in [0.25, 0.3) is 26.8 Å². The quantitative estimate of drug-likeness (QED) is 0.322. The Labute approximate surface area is 187 Å². The lowest BCUT2D eigenvalue weighted by Gasteiger charge is -2.15. The molecule has 0 bridgehead atoms. The van der Waals surface area contributed by atoms with Crippen molar-refractivity contribution in [1.29, 1.82) is 0 Å². The first-order valence-electron chi connectivity index (χ1n) is 9.76. The molecule has 0 radical (unpaired) electrons. The summed E-state index contributed by atoms with van der Waals surface area (Å²) in [7, 11) is 0. The predicted octanol–water partition coefficient (Wildman–Crippen LogP) is 6.37. The van der Waals surface area contributed by atoms with Crippen molar-refractivity contribution in [3.05, 3.63) is 86.1 Å². The normalized spacial score (nSPS) is 11.4. The van der Waals surface area contributed by atoms with Crippen molar-refractivity contribution in [3.8, 4) is 17.4 Å². The molecule has 5 aromatic rings. The summed E-state index contributed by atoms with van der Waals surface area (Å²) in [5.74, 6) is 0.542.